The predicted molar refractivity (Wildman–Crippen MR) is 124 cm³/mol. The topological polar surface area (TPSA) is 114 Å². The molecular weight excluding hydrogens is 486 g/mol. The van der Waals surface area contributed by atoms with Crippen LogP contribution < -0.4 is 4.72 Å². The molecule has 0 radical (unpaired) electrons. The van der Waals surface area contributed by atoms with Crippen molar-refractivity contribution in [2.24, 2.45) is 0 Å². The molecule has 0 fully saturated rings. The maximum absolute atomic E-state index is 13.4. The maximum Gasteiger partial charge on any atom is 0.339 e. The fourth-order valence-electron chi connectivity index (χ4n) is 4.17. The number of hydrogen-bond acceptors (Lipinski definition) is 7. The number of ether oxygens (including phenoxy) is 1. The summed E-state index contributed by atoms with van der Waals surface area (Å²) in [7, 11) is -2.92. The van der Waals surface area contributed by atoms with Gasteiger partial charge in [-0.15, -0.1) is 5.10 Å². The lowest BCUT2D eigenvalue weighted by molar-refractivity contribution is 0.0600. The van der Waals surface area contributed by atoms with Crippen LogP contribution in [-0.4, -0.2) is 31.7 Å². The minimum Gasteiger partial charge on any atom is -0.465 e. The highest BCUT2D eigenvalue weighted by atomic mass is 35.5. The van der Waals surface area contributed by atoms with Crippen molar-refractivity contribution in [2.75, 3.05) is 7.11 Å². The van der Waals surface area contributed by atoms with Gasteiger partial charge in [0.25, 0.3) is 4.84 Å². The quantitative estimate of drug-likeness (QED) is 0.358. The van der Waals surface area contributed by atoms with E-state index in [-0.39, 0.29) is 32.1 Å². The fraction of sp³-hybridized carbons (Fsp3) is 0.318. The minimum absolute atomic E-state index is 0.0409. The molecule has 0 amide bonds. The number of rotatable bonds is 7. The van der Waals surface area contributed by atoms with Gasteiger partial charge >= 0.3 is 5.97 Å². The number of carbonyl (C=O) groups is 1. The van der Waals surface area contributed by atoms with Crippen molar-refractivity contribution in [1.82, 2.24) is 14.9 Å². The van der Waals surface area contributed by atoms with Crippen LogP contribution >= 0.6 is 23.8 Å². The zero-order chi connectivity index (χ0) is 23.8. The number of nitrogens with zero attached hydrogens (tertiary/aromatic N) is 1. The molecular formula is C22H22ClN3O5S2. The van der Waals surface area contributed by atoms with Crippen molar-refractivity contribution in [1.29, 1.82) is 0 Å². The summed E-state index contributed by atoms with van der Waals surface area (Å²) in [5, 5.41) is 6.73. The third-order valence-corrected chi connectivity index (χ3v) is 7.77. The maximum atomic E-state index is 13.4. The number of esters is 1. The first-order chi connectivity index (χ1) is 15.7. The van der Waals surface area contributed by atoms with Crippen LogP contribution in [0.5, 0.6) is 0 Å². The average Bonchev–Trinajstić information content (AvgIpc) is 3.45. The summed E-state index contributed by atoms with van der Waals surface area (Å²) in [6.07, 6.45) is 2.98. The molecule has 2 aromatic carbocycles. The first-order valence-electron chi connectivity index (χ1n) is 10.3. The molecule has 0 spiro atoms. The molecule has 1 heterocycles. The highest BCUT2D eigenvalue weighted by Gasteiger charge is 2.33. The van der Waals surface area contributed by atoms with Crippen LogP contribution in [0.25, 0.3) is 0 Å². The number of fused-ring (bicyclic) bond motifs is 1. The highest BCUT2D eigenvalue weighted by molar-refractivity contribution is 7.89. The largest absolute Gasteiger partial charge is 0.465 e. The molecule has 0 bridgehead atoms. The molecule has 4 rings (SSSR count). The van der Waals surface area contributed by atoms with Crippen LogP contribution in [0, 0.1) is 4.84 Å². The fourth-order valence-corrected chi connectivity index (χ4v) is 5.79. The number of carbonyl (C=O) groups excluding carboxylic acids is 1. The molecule has 2 atom stereocenters. The molecule has 0 saturated heterocycles. The lowest BCUT2D eigenvalue weighted by Gasteiger charge is -2.24. The summed E-state index contributed by atoms with van der Waals surface area (Å²) < 4.78 is 39.6. The van der Waals surface area contributed by atoms with Crippen LogP contribution in [0.4, 0.5) is 0 Å². The molecule has 33 heavy (non-hydrogen) atoms. The second-order valence-electron chi connectivity index (χ2n) is 7.81. The van der Waals surface area contributed by atoms with Crippen LogP contribution in [-0.2, 0) is 27.6 Å². The van der Waals surface area contributed by atoms with Crippen LogP contribution in [0.1, 0.15) is 58.2 Å². The van der Waals surface area contributed by atoms with E-state index in [2.05, 4.69) is 21.0 Å². The Morgan fingerprint density at radius 2 is 2.09 bits per heavy atom. The number of sulfonamides is 1. The third-order valence-electron chi connectivity index (χ3n) is 5.83. The minimum atomic E-state index is -4.11. The van der Waals surface area contributed by atoms with Gasteiger partial charge in [-0.1, -0.05) is 36.7 Å². The Hall–Kier alpha value is -2.53. The summed E-state index contributed by atoms with van der Waals surface area (Å²) >= 11 is 11.1. The van der Waals surface area contributed by atoms with Gasteiger partial charge in [0.2, 0.25) is 15.9 Å². The Morgan fingerprint density at radius 1 is 1.30 bits per heavy atom. The number of nitrogens with one attached hydrogen (secondary N) is 2. The SMILES string of the molecule is COC(=O)c1cc(S(=O)(=O)N[C@H](c2n[nH]c(=S)o2)[C@H](C)c2cccc3c2CCC3)ccc1Cl. The standard InChI is InChI=1S/C22H22ClN3O5S2/c1-12(15-7-3-5-13-6-4-8-16(13)15)19(20-24-25-22(32)31-20)26-33(28,29)14-9-10-18(23)17(11-14)21(27)30-2/h3,5,7,9-12,19,26H,4,6,8H2,1-2H3,(H,25,32)/t12-,19+/m1/s1. The van der Waals surface area contributed by atoms with Crippen LogP contribution in [0.15, 0.2) is 45.7 Å². The summed E-state index contributed by atoms with van der Waals surface area (Å²) in [5.74, 6) is -0.935. The van der Waals surface area contributed by atoms with Crippen molar-refractivity contribution in [2.45, 2.75) is 43.0 Å². The Labute approximate surface area is 201 Å². The number of aromatic nitrogens is 2. The number of methoxy groups -OCH3 is 1. The number of aryl methyl sites for hydroxylation is 1. The van der Waals surface area contributed by atoms with Crippen molar-refractivity contribution in [3.63, 3.8) is 0 Å². The molecule has 0 unspecified atom stereocenters. The normalized spacial score (nSPS) is 15.1. The number of hydrogen-bond donors (Lipinski definition) is 2. The molecule has 1 aliphatic carbocycles. The summed E-state index contributed by atoms with van der Waals surface area (Å²) in [5.41, 5.74) is 3.46. The lowest BCUT2D eigenvalue weighted by Crippen LogP contribution is -2.32. The Balaban J connectivity index is 1.75. The van der Waals surface area contributed by atoms with Crippen molar-refractivity contribution >= 4 is 39.8 Å². The molecule has 3 aromatic rings. The van der Waals surface area contributed by atoms with E-state index in [0.29, 0.717) is 0 Å². The third kappa shape index (κ3) is 4.74. The lowest BCUT2D eigenvalue weighted by atomic mass is 9.88. The smallest absolute Gasteiger partial charge is 0.339 e. The van der Waals surface area contributed by atoms with Gasteiger partial charge in [0.05, 0.1) is 22.6 Å². The van der Waals surface area contributed by atoms with Gasteiger partial charge in [-0.25, -0.2) is 18.3 Å². The molecule has 11 heteroatoms. The van der Waals surface area contributed by atoms with E-state index >= 15 is 0 Å². The van der Waals surface area contributed by atoms with E-state index in [1.165, 1.54) is 36.4 Å². The summed E-state index contributed by atoms with van der Waals surface area (Å²) in [6.45, 7) is 1.91. The molecule has 1 aliphatic rings. The van der Waals surface area contributed by atoms with Crippen molar-refractivity contribution in [3.8, 4) is 0 Å². The second kappa shape index (κ2) is 9.38. The first kappa shape index (κ1) is 23.6. The average molecular weight is 508 g/mol. The second-order valence-corrected chi connectivity index (χ2v) is 10.3. The molecule has 174 valence electrons. The van der Waals surface area contributed by atoms with E-state index < -0.39 is 22.0 Å². The highest BCUT2D eigenvalue weighted by Crippen LogP contribution is 2.37. The van der Waals surface area contributed by atoms with Gasteiger partial charge in [0.15, 0.2) is 0 Å². The van der Waals surface area contributed by atoms with Gasteiger partial charge in [-0.3, -0.25) is 0 Å². The van der Waals surface area contributed by atoms with E-state index in [1.54, 1.807) is 0 Å². The van der Waals surface area contributed by atoms with Crippen molar-refractivity contribution < 1.29 is 22.4 Å². The van der Waals surface area contributed by atoms with Crippen LogP contribution in [0.2, 0.25) is 5.02 Å². The molecule has 0 saturated carbocycles. The molecule has 2 N–H and O–H groups in total. The van der Waals surface area contributed by atoms with E-state index in [1.807, 2.05) is 19.1 Å². The zero-order valence-corrected chi connectivity index (χ0v) is 20.3. The summed E-state index contributed by atoms with van der Waals surface area (Å²) in [6, 6.07) is 9.05. The Bertz CT molecular complexity index is 1370. The number of H-pyrrole nitrogens is 1. The number of aromatic amines is 1. The van der Waals surface area contributed by atoms with Gasteiger partial charge in [0.1, 0.15) is 6.04 Å². The Morgan fingerprint density at radius 3 is 2.79 bits per heavy atom. The number of benzene rings is 2. The van der Waals surface area contributed by atoms with E-state index in [4.69, 9.17) is 33.0 Å². The number of halogens is 1. The van der Waals surface area contributed by atoms with Gasteiger partial charge < -0.3 is 9.15 Å². The monoisotopic (exact) mass is 507 g/mol. The molecule has 1 aromatic heterocycles. The zero-order valence-electron chi connectivity index (χ0n) is 17.9. The summed E-state index contributed by atoms with van der Waals surface area (Å²) in [4.78, 5) is 11.9. The van der Waals surface area contributed by atoms with E-state index in [9.17, 15) is 13.2 Å². The van der Waals surface area contributed by atoms with E-state index in [0.717, 1.165) is 24.8 Å². The van der Waals surface area contributed by atoms with Gasteiger partial charge in [0, 0.05) is 5.92 Å². The van der Waals surface area contributed by atoms with Gasteiger partial charge in [-0.2, -0.15) is 4.72 Å². The van der Waals surface area contributed by atoms with Crippen LogP contribution in [0.3, 0.4) is 0 Å². The molecule has 0 aliphatic heterocycles. The Kier molecular flexibility index (Phi) is 6.71. The molecule has 8 nitrogen and oxygen atoms in total. The van der Waals surface area contributed by atoms with Crippen molar-refractivity contribution in [3.05, 3.63) is 74.4 Å². The first-order valence-corrected chi connectivity index (χ1v) is 12.5. The van der Waals surface area contributed by atoms with Gasteiger partial charge in [-0.05, 0) is 66.4 Å². The predicted octanol–water partition coefficient (Wildman–Crippen LogP) is 4.48.